The van der Waals surface area contributed by atoms with Gasteiger partial charge < -0.3 is 14.8 Å². The fourth-order valence-electron chi connectivity index (χ4n) is 3.71. The van der Waals surface area contributed by atoms with Crippen LogP contribution in [0.2, 0.25) is 0 Å². The van der Waals surface area contributed by atoms with Crippen LogP contribution >= 0.6 is 0 Å². The highest BCUT2D eigenvalue weighted by Crippen LogP contribution is 2.36. The maximum absolute atomic E-state index is 11.3. The lowest BCUT2D eigenvalue weighted by Crippen LogP contribution is -2.51. The molecule has 2 atom stereocenters. The fraction of sp³-hybridized carbons (Fsp3) is 0.588. The Morgan fingerprint density at radius 2 is 1.91 bits per heavy atom. The summed E-state index contributed by atoms with van der Waals surface area (Å²) in [4.78, 5) is 13.8. The molecule has 5 nitrogen and oxygen atoms in total. The van der Waals surface area contributed by atoms with Crippen molar-refractivity contribution in [2.24, 2.45) is 0 Å². The number of fused-ring (bicyclic) bond motifs is 2. The number of nitrogens with one attached hydrogen (secondary N) is 1. The van der Waals surface area contributed by atoms with Crippen LogP contribution in [0.1, 0.15) is 30.9 Å². The van der Waals surface area contributed by atoms with Gasteiger partial charge in [-0.3, -0.25) is 9.69 Å². The van der Waals surface area contributed by atoms with Crippen molar-refractivity contribution < 1.29 is 14.3 Å². The van der Waals surface area contributed by atoms with Gasteiger partial charge in [0.1, 0.15) is 0 Å². The second kappa shape index (κ2) is 6.16. The average molecular weight is 304 g/mol. The monoisotopic (exact) mass is 304 g/mol. The van der Waals surface area contributed by atoms with Crippen LogP contribution < -0.4 is 14.8 Å². The number of nitrogens with zero attached hydrogens (tertiary/aromatic N) is 1. The number of carbonyl (C=O) groups is 1. The molecule has 0 aliphatic carbocycles. The van der Waals surface area contributed by atoms with E-state index in [0.29, 0.717) is 12.1 Å². The Balaban J connectivity index is 1.80. The molecule has 1 aromatic carbocycles. The number of amides is 1. The molecule has 5 heteroatoms. The molecule has 1 saturated heterocycles. The van der Waals surface area contributed by atoms with Gasteiger partial charge in [0.25, 0.3) is 0 Å². The number of ether oxygens (including phenoxy) is 2. The molecule has 120 valence electrons. The SMILES string of the molecule is COc1cc2c(cc1OC)CN1CCC(NC(C)=O)CC1C2. The molecule has 2 unspecified atom stereocenters. The minimum atomic E-state index is 0.0704. The number of piperidine rings is 1. The zero-order valence-corrected chi connectivity index (χ0v) is 13.5. The van der Waals surface area contributed by atoms with Crippen molar-refractivity contribution in [3.05, 3.63) is 23.3 Å². The van der Waals surface area contributed by atoms with E-state index in [4.69, 9.17) is 9.47 Å². The number of methoxy groups -OCH3 is 2. The number of hydrogen-bond acceptors (Lipinski definition) is 4. The van der Waals surface area contributed by atoms with Gasteiger partial charge in [0.2, 0.25) is 5.91 Å². The van der Waals surface area contributed by atoms with Crippen molar-refractivity contribution in [3.8, 4) is 11.5 Å². The summed E-state index contributed by atoms with van der Waals surface area (Å²) in [7, 11) is 3.35. The normalized spacial score (nSPS) is 24.1. The number of rotatable bonds is 3. The molecule has 0 aromatic heterocycles. The van der Waals surface area contributed by atoms with Gasteiger partial charge in [-0.1, -0.05) is 0 Å². The highest BCUT2D eigenvalue weighted by atomic mass is 16.5. The van der Waals surface area contributed by atoms with Gasteiger partial charge in [0.15, 0.2) is 11.5 Å². The van der Waals surface area contributed by atoms with E-state index in [9.17, 15) is 4.79 Å². The molecule has 2 aliphatic heterocycles. The lowest BCUT2D eigenvalue weighted by Gasteiger charge is -2.43. The highest BCUT2D eigenvalue weighted by Gasteiger charge is 2.33. The van der Waals surface area contributed by atoms with E-state index in [1.165, 1.54) is 11.1 Å². The van der Waals surface area contributed by atoms with Crippen LogP contribution in [0.25, 0.3) is 0 Å². The topological polar surface area (TPSA) is 50.8 Å². The van der Waals surface area contributed by atoms with Gasteiger partial charge in [-0.05, 0) is 42.5 Å². The Morgan fingerprint density at radius 3 is 2.55 bits per heavy atom. The zero-order chi connectivity index (χ0) is 15.7. The first-order valence-electron chi connectivity index (χ1n) is 7.85. The summed E-state index contributed by atoms with van der Waals surface area (Å²) in [5.41, 5.74) is 2.66. The summed E-state index contributed by atoms with van der Waals surface area (Å²) in [5, 5.41) is 3.07. The van der Waals surface area contributed by atoms with Gasteiger partial charge in [-0.15, -0.1) is 0 Å². The van der Waals surface area contributed by atoms with Crippen LogP contribution in [-0.2, 0) is 17.8 Å². The maximum Gasteiger partial charge on any atom is 0.217 e. The van der Waals surface area contributed by atoms with Crippen LogP contribution in [0.4, 0.5) is 0 Å². The van der Waals surface area contributed by atoms with Crippen molar-refractivity contribution in [2.75, 3.05) is 20.8 Å². The minimum Gasteiger partial charge on any atom is -0.493 e. The second-order valence-electron chi connectivity index (χ2n) is 6.23. The van der Waals surface area contributed by atoms with Crippen molar-refractivity contribution >= 4 is 5.91 Å². The van der Waals surface area contributed by atoms with Gasteiger partial charge in [-0.25, -0.2) is 0 Å². The van der Waals surface area contributed by atoms with E-state index in [1.807, 2.05) is 0 Å². The molecule has 2 aliphatic rings. The van der Waals surface area contributed by atoms with E-state index in [0.717, 1.165) is 43.9 Å². The quantitative estimate of drug-likeness (QED) is 0.924. The Bertz CT molecular complexity index is 573. The summed E-state index contributed by atoms with van der Waals surface area (Å²) in [6.45, 7) is 3.58. The summed E-state index contributed by atoms with van der Waals surface area (Å²) in [5.74, 6) is 1.66. The van der Waals surface area contributed by atoms with E-state index in [2.05, 4.69) is 22.3 Å². The third-order valence-corrected chi connectivity index (χ3v) is 4.78. The molecule has 3 rings (SSSR count). The van der Waals surface area contributed by atoms with Gasteiger partial charge in [0.05, 0.1) is 14.2 Å². The predicted octanol–water partition coefficient (Wildman–Crippen LogP) is 1.73. The van der Waals surface area contributed by atoms with Crippen LogP contribution in [0.3, 0.4) is 0 Å². The molecule has 2 heterocycles. The summed E-state index contributed by atoms with van der Waals surface area (Å²) >= 11 is 0. The number of hydrogen-bond donors (Lipinski definition) is 1. The van der Waals surface area contributed by atoms with E-state index < -0.39 is 0 Å². The van der Waals surface area contributed by atoms with Crippen LogP contribution in [0, 0.1) is 0 Å². The first-order chi connectivity index (χ1) is 10.6. The third-order valence-electron chi connectivity index (χ3n) is 4.78. The van der Waals surface area contributed by atoms with E-state index >= 15 is 0 Å². The first-order valence-corrected chi connectivity index (χ1v) is 7.85. The Hall–Kier alpha value is -1.75. The summed E-state index contributed by atoms with van der Waals surface area (Å²) in [6, 6.07) is 5.01. The largest absolute Gasteiger partial charge is 0.493 e. The Labute approximate surface area is 131 Å². The highest BCUT2D eigenvalue weighted by molar-refractivity contribution is 5.73. The van der Waals surface area contributed by atoms with Crippen LogP contribution in [0.15, 0.2) is 12.1 Å². The Kier molecular flexibility index (Phi) is 4.25. The zero-order valence-electron chi connectivity index (χ0n) is 13.5. The smallest absolute Gasteiger partial charge is 0.217 e. The third kappa shape index (κ3) is 2.90. The molecule has 1 N–H and O–H groups in total. The van der Waals surface area contributed by atoms with Crippen molar-refractivity contribution in [1.82, 2.24) is 10.2 Å². The lowest BCUT2D eigenvalue weighted by molar-refractivity contribution is -0.120. The van der Waals surface area contributed by atoms with Crippen molar-refractivity contribution in [2.45, 2.75) is 44.8 Å². The predicted molar refractivity (Wildman–Crippen MR) is 84.3 cm³/mol. The molecular weight excluding hydrogens is 280 g/mol. The lowest BCUT2D eigenvalue weighted by atomic mass is 9.86. The standard InChI is InChI=1S/C17H24N2O3/c1-11(20)18-14-4-5-19-10-13-8-17(22-3)16(21-2)7-12(13)6-15(19)9-14/h7-8,14-15H,4-6,9-10H2,1-3H3,(H,18,20). The van der Waals surface area contributed by atoms with Gasteiger partial charge >= 0.3 is 0 Å². The van der Waals surface area contributed by atoms with Gasteiger partial charge in [-0.2, -0.15) is 0 Å². The number of carbonyl (C=O) groups excluding carboxylic acids is 1. The first kappa shape index (κ1) is 15.2. The van der Waals surface area contributed by atoms with Crippen molar-refractivity contribution in [3.63, 3.8) is 0 Å². The maximum atomic E-state index is 11.3. The van der Waals surface area contributed by atoms with E-state index in [-0.39, 0.29) is 5.91 Å². The molecular formula is C17H24N2O3. The average Bonchev–Trinajstić information content (AvgIpc) is 2.51. The van der Waals surface area contributed by atoms with Crippen LogP contribution in [0.5, 0.6) is 11.5 Å². The van der Waals surface area contributed by atoms with Crippen LogP contribution in [-0.4, -0.2) is 43.7 Å². The Morgan fingerprint density at radius 1 is 1.23 bits per heavy atom. The summed E-state index contributed by atoms with van der Waals surface area (Å²) < 4.78 is 10.8. The molecule has 1 amide bonds. The van der Waals surface area contributed by atoms with Crippen molar-refractivity contribution in [1.29, 1.82) is 0 Å². The second-order valence-corrected chi connectivity index (χ2v) is 6.23. The molecule has 0 spiro atoms. The molecule has 1 aromatic rings. The molecule has 0 bridgehead atoms. The number of benzene rings is 1. The fourth-order valence-corrected chi connectivity index (χ4v) is 3.71. The molecule has 0 saturated carbocycles. The molecule has 0 radical (unpaired) electrons. The molecule has 22 heavy (non-hydrogen) atoms. The van der Waals surface area contributed by atoms with E-state index in [1.54, 1.807) is 21.1 Å². The minimum absolute atomic E-state index is 0.0704. The summed E-state index contributed by atoms with van der Waals surface area (Å²) in [6.07, 6.45) is 3.05. The van der Waals surface area contributed by atoms with Gasteiger partial charge in [0, 0.05) is 32.1 Å². The molecule has 1 fully saturated rings.